The first kappa shape index (κ1) is 14.3. The Bertz CT molecular complexity index is 582. The maximum Gasteiger partial charge on any atom is 0.433 e. The lowest BCUT2D eigenvalue weighted by molar-refractivity contribution is -0.141. The third-order valence-electron chi connectivity index (χ3n) is 2.34. The van der Waals surface area contributed by atoms with Gasteiger partial charge in [-0.25, -0.2) is 4.98 Å². The lowest BCUT2D eigenvalue weighted by Crippen LogP contribution is -2.19. The van der Waals surface area contributed by atoms with Crippen molar-refractivity contribution >= 4 is 28.7 Å². The Labute approximate surface area is 118 Å². The number of nitrogens with zero attached hydrogens (tertiary/aromatic N) is 1. The van der Waals surface area contributed by atoms with E-state index in [1.165, 1.54) is 6.07 Å². The van der Waals surface area contributed by atoms with Crippen LogP contribution in [-0.2, 0) is 6.18 Å². The van der Waals surface area contributed by atoms with Gasteiger partial charge >= 0.3 is 6.18 Å². The molecule has 1 heterocycles. The van der Waals surface area contributed by atoms with Crippen LogP contribution in [0, 0.1) is 0 Å². The second-order valence-corrected chi connectivity index (χ2v) is 4.28. The van der Waals surface area contributed by atoms with Gasteiger partial charge in [0, 0.05) is 5.69 Å². The molecule has 20 heavy (non-hydrogen) atoms. The number of rotatable bonds is 2. The van der Waals surface area contributed by atoms with Crippen LogP contribution in [-0.4, -0.2) is 10.1 Å². The van der Waals surface area contributed by atoms with Gasteiger partial charge in [-0.05, 0) is 36.5 Å². The second kappa shape index (κ2) is 5.87. The summed E-state index contributed by atoms with van der Waals surface area (Å²) >= 11 is 5.05. The predicted molar refractivity (Wildman–Crippen MR) is 75.5 cm³/mol. The highest BCUT2D eigenvalue weighted by Crippen LogP contribution is 2.27. The van der Waals surface area contributed by atoms with Crippen LogP contribution in [0.25, 0.3) is 0 Å². The van der Waals surface area contributed by atoms with Crippen LogP contribution >= 0.6 is 12.2 Å². The van der Waals surface area contributed by atoms with Crippen LogP contribution in [0.5, 0.6) is 0 Å². The number of hydrogen-bond donors (Lipinski definition) is 2. The number of aromatic nitrogens is 1. The third kappa shape index (κ3) is 3.92. The summed E-state index contributed by atoms with van der Waals surface area (Å²) in [6, 6.07) is 11.3. The fraction of sp³-hybridized carbons (Fsp3) is 0.0769. The second-order valence-electron chi connectivity index (χ2n) is 3.88. The minimum absolute atomic E-state index is 0.276. The van der Waals surface area contributed by atoms with Crippen LogP contribution in [0.4, 0.5) is 24.5 Å². The molecule has 104 valence electrons. The molecule has 0 radical (unpaired) electrons. The maximum absolute atomic E-state index is 12.3. The summed E-state index contributed by atoms with van der Waals surface area (Å²) in [6.07, 6.45) is -3.36. The summed E-state index contributed by atoms with van der Waals surface area (Å²) in [4.78, 5) is 3.34. The van der Waals surface area contributed by atoms with E-state index in [4.69, 9.17) is 12.2 Å². The Kier molecular flexibility index (Phi) is 4.19. The van der Waals surface area contributed by atoms with Gasteiger partial charge in [-0.15, -0.1) is 0 Å². The van der Waals surface area contributed by atoms with E-state index in [0.717, 1.165) is 18.0 Å². The lowest BCUT2D eigenvalue weighted by atomic mass is 10.3. The number of thiocarbonyl (C=S) groups is 1. The zero-order valence-electron chi connectivity index (χ0n) is 10.1. The van der Waals surface area contributed by atoms with Crippen molar-refractivity contribution in [3.8, 4) is 0 Å². The molecule has 1 aromatic heterocycles. The van der Waals surface area contributed by atoms with Crippen LogP contribution in [0.2, 0.25) is 0 Å². The minimum Gasteiger partial charge on any atom is -0.332 e. The van der Waals surface area contributed by atoms with Gasteiger partial charge in [-0.2, -0.15) is 13.2 Å². The highest BCUT2D eigenvalue weighted by molar-refractivity contribution is 7.80. The number of benzene rings is 1. The summed E-state index contributed by atoms with van der Waals surface area (Å²) in [7, 11) is 0. The van der Waals surface area contributed by atoms with Crippen molar-refractivity contribution < 1.29 is 13.2 Å². The van der Waals surface area contributed by atoms with Gasteiger partial charge in [0.25, 0.3) is 0 Å². The highest BCUT2D eigenvalue weighted by Gasteiger charge is 2.31. The highest BCUT2D eigenvalue weighted by atomic mass is 32.1. The molecule has 0 aliphatic heterocycles. The molecular formula is C13H10F3N3S. The molecule has 0 saturated heterocycles. The van der Waals surface area contributed by atoms with Gasteiger partial charge in [-0.1, -0.05) is 18.2 Å². The minimum atomic E-state index is -4.44. The van der Waals surface area contributed by atoms with Crippen LogP contribution in [0.15, 0.2) is 48.7 Å². The van der Waals surface area contributed by atoms with E-state index in [1.54, 1.807) is 0 Å². The Morgan fingerprint density at radius 1 is 0.950 bits per heavy atom. The maximum atomic E-state index is 12.3. The summed E-state index contributed by atoms with van der Waals surface area (Å²) in [5.74, 6) is 0. The van der Waals surface area contributed by atoms with E-state index in [9.17, 15) is 13.2 Å². The van der Waals surface area contributed by atoms with E-state index in [0.29, 0.717) is 5.69 Å². The van der Waals surface area contributed by atoms with E-state index in [1.807, 2.05) is 30.3 Å². The van der Waals surface area contributed by atoms with Crippen LogP contribution < -0.4 is 10.6 Å². The summed E-state index contributed by atoms with van der Waals surface area (Å²) in [5, 5.41) is 5.94. The Morgan fingerprint density at radius 2 is 1.60 bits per heavy atom. The summed E-state index contributed by atoms with van der Waals surface area (Å²) in [5.41, 5.74) is 0.223. The topological polar surface area (TPSA) is 37.0 Å². The van der Waals surface area contributed by atoms with Gasteiger partial charge in [-0.3, -0.25) is 0 Å². The normalized spacial score (nSPS) is 10.9. The third-order valence-corrected chi connectivity index (χ3v) is 2.55. The molecule has 0 aliphatic carbocycles. The first-order valence-electron chi connectivity index (χ1n) is 5.61. The molecule has 2 rings (SSSR count). The molecule has 2 N–H and O–H groups in total. The molecule has 0 unspecified atom stereocenters. The van der Waals surface area contributed by atoms with Gasteiger partial charge in [0.15, 0.2) is 5.11 Å². The molecular weight excluding hydrogens is 287 g/mol. The quantitative estimate of drug-likeness (QED) is 0.824. The average Bonchev–Trinajstić information content (AvgIpc) is 2.39. The van der Waals surface area contributed by atoms with Gasteiger partial charge in [0.05, 0.1) is 11.9 Å². The monoisotopic (exact) mass is 297 g/mol. The predicted octanol–water partition coefficient (Wildman–Crippen LogP) is 3.91. The first-order chi connectivity index (χ1) is 9.45. The number of halogens is 3. The van der Waals surface area contributed by atoms with Gasteiger partial charge < -0.3 is 10.6 Å². The zero-order valence-corrected chi connectivity index (χ0v) is 10.9. The number of hydrogen-bond acceptors (Lipinski definition) is 2. The molecule has 0 amide bonds. The molecule has 2 aromatic rings. The van der Waals surface area contributed by atoms with Crippen molar-refractivity contribution in [2.24, 2.45) is 0 Å². The van der Waals surface area contributed by atoms with Crippen molar-refractivity contribution in [3.63, 3.8) is 0 Å². The lowest BCUT2D eigenvalue weighted by Gasteiger charge is -2.11. The zero-order chi connectivity index (χ0) is 14.6. The van der Waals surface area contributed by atoms with Crippen molar-refractivity contribution in [1.82, 2.24) is 4.98 Å². The molecule has 1 aromatic carbocycles. The van der Waals surface area contributed by atoms with Gasteiger partial charge in [0.1, 0.15) is 5.69 Å². The molecule has 0 atom stereocenters. The number of alkyl halides is 3. The number of para-hydroxylation sites is 1. The SMILES string of the molecule is FC(F)(F)c1ccc(NC(=S)Nc2ccccc2)cn1. The molecule has 3 nitrogen and oxygen atoms in total. The molecule has 0 saturated carbocycles. The Hall–Kier alpha value is -2.15. The Morgan fingerprint density at radius 3 is 2.15 bits per heavy atom. The summed E-state index contributed by atoms with van der Waals surface area (Å²) in [6.45, 7) is 0. The van der Waals surface area contributed by atoms with Crippen LogP contribution in [0.1, 0.15) is 5.69 Å². The van der Waals surface area contributed by atoms with Crippen molar-refractivity contribution in [2.75, 3.05) is 10.6 Å². The van der Waals surface area contributed by atoms with E-state index >= 15 is 0 Å². The number of nitrogens with one attached hydrogen (secondary N) is 2. The van der Waals surface area contributed by atoms with E-state index in [2.05, 4.69) is 15.6 Å². The smallest absolute Gasteiger partial charge is 0.332 e. The molecule has 0 fully saturated rings. The van der Waals surface area contributed by atoms with Gasteiger partial charge in [0.2, 0.25) is 0 Å². The van der Waals surface area contributed by atoms with Crippen LogP contribution in [0.3, 0.4) is 0 Å². The van der Waals surface area contributed by atoms with E-state index in [-0.39, 0.29) is 5.11 Å². The fourth-order valence-corrected chi connectivity index (χ4v) is 1.69. The standard InChI is InChI=1S/C13H10F3N3S/c14-13(15,16)11-7-6-10(8-17-11)19-12(20)18-9-4-2-1-3-5-9/h1-8H,(H2,18,19,20). The molecule has 0 spiro atoms. The fourth-order valence-electron chi connectivity index (χ4n) is 1.45. The molecule has 0 bridgehead atoms. The van der Waals surface area contributed by atoms with Crippen molar-refractivity contribution in [2.45, 2.75) is 6.18 Å². The first-order valence-corrected chi connectivity index (χ1v) is 6.02. The molecule has 7 heteroatoms. The Balaban J connectivity index is 1.98. The van der Waals surface area contributed by atoms with E-state index < -0.39 is 11.9 Å². The molecule has 0 aliphatic rings. The van der Waals surface area contributed by atoms with Crippen molar-refractivity contribution in [1.29, 1.82) is 0 Å². The number of pyridine rings is 1. The largest absolute Gasteiger partial charge is 0.433 e. The average molecular weight is 297 g/mol. The summed E-state index contributed by atoms with van der Waals surface area (Å²) < 4.78 is 37.0. The van der Waals surface area contributed by atoms with Crippen molar-refractivity contribution in [3.05, 3.63) is 54.4 Å². The number of anilines is 2.